The first-order valence-electron chi connectivity index (χ1n) is 10.5. The molecule has 1 aromatic heterocycles. The lowest BCUT2D eigenvalue weighted by molar-refractivity contribution is 0.415. The normalized spacial score (nSPS) is 16.4. The molecule has 1 aliphatic rings. The molecule has 0 spiro atoms. The van der Waals surface area contributed by atoms with Crippen molar-refractivity contribution in [2.45, 2.75) is 30.7 Å². The van der Waals surface area contributed by atoms with Crippen molar-refractivity contribution in [2.75, 3.05) is 30.4 Å². The predicted octanol–water partition coefficient (Wildman–Crippen LogP) is 3.70. The highest BCUT2D eigenvalue weighted by Gasteiger charge is 2.29. The molecule has 1 aliphatic heterocycles. The third-order valence-corrected chi connectivity index (χ3v) is 6.97. The molecule has 0 amide bonds. The van der Waals surface area contributed by atoms with Crippen LogP contribution in [0.4, 0.5) is 17.5 Å². The predicted molar refractivity (Wildman–Crippen MR) is 125 cm³/mol. The minimum atomic E-state index is -3.52. The van der Waals surface area contributed by atoms with Crippen molar-refractivity contribution in [1.29, 1.82) is 0 Å². The maximum atomic E-state index is 12.7. The van der Waals surface area contributed by atoms with Crippen molar-refractivity contribution in [3.63, 3.8) is 0 Å². The summed E-state index contributed by atoms with van der Waals surface area (Å²) in [5.41, 5.74) is 1.93. The van der Waals surface area contributed by atoms with Crippen molar-refractivity contribution in [3.05, 3.63) is 66.4 Å². The van der Waals surface area contributed by atoms with Crippen LogP contribution in [0.1, 0.15) is 18.4 Å². The van der Waals surface area contributed by atoms with Gasteiger partial charge in [0.1, 0.15) is 11.6 Å². The van der Waals surface area contributed by atoms with Crippen molar-refractivity contribution in [1.82, 2.24) is 14.7 Å². The van der Waals surface area contributed by atoms with Crippen LogP contribution in [0.3, 0.4) is 0 Å². The minimum absolute atomic E-state index is 0.113. The standard InChI is InChI=1S/C23H27N5O3S/c1-17-3-9-21(10-4-17)32(29,30)27-19-12-15-28(16-13-19)23-24-14-11-22(26-23)25-18-5-7-20(31-2)8-6-18/h3-11,14,19H,12-13,15-16H2,1-2H3,(H2-,24,25,26,27,29,30). The minimum Gasteiger partial charge on any atom is -0.593 e. The van der Waals surface area contributed by atoms with Crippen LogP contribution < -0.4 is 19.7 Å². The summed E-state index contributed by atoms with van der Waals surface area (Å²) in [6.45, 7) is 3.28. The molecule has 2 N–H and O–H groups in total. The van der Waals surface area contributed by atoms with Gasteiger partial charge in [0.25, 0.3) is 0 Å². The number of hydrogen-bond donors (Lipinski definition) is 2. The number of methoxy groups -OCH3 is 1. The molecule has 1 unspecified atom stereocenters. The molecule has 4 rings (SSSR count). The molecule has 2 heterocycles. The monoisotopic (exact) mass is 453 g/mol. The van der Waals surface area contributed by atoms with E-state index in [9.17, 15) is 8.76 Å². The molecule has 32 heavy (non-hydrogen) atoms. The average molecular weight is 454 g/mol. The van der Waals surface area contributed by atoms with Gasteiger partial charge in [0.05, 0.1) is 13.2 Å². The topological polar surface area (TPSA) is 102 Å². The van der Waals surface area contributed by atoms with Gasteiger partial charge in [-0.3, -0.25) is 0 Å². The highest BCUT2D eigenvalue weighted by atomic mass is 32.3. The number of piperidine rings is 1. The molecule has 8 nitrogen and oxygen atoms in total. The first-order valence-corrected chi connectivity index (χ1v) is 12.0. The Morgan fingerprint density at radius 3 is 2.41 bits per heavy atom. The van der Waals surface area contributed by atoms with Gasteiger partial charge >= 0.3 is 0 Å². The van der Waals surface area contributed by atoms with Crippen LogP contribution >= 0.6 is 0 Å². The van der Waals surface area contributed by atoms with Gasteiger partial charge in [-0.05, 0) is 62.2 Å². The lowest BCUT2D eigenvalue weighted by atomic mass is 10.1. The summed E-state index contributed by atoms with van der Waals surface area (Å²) in [4.78, 5) is 11.4. The average Bonchev–Trinajstić information content (AvgIpc) is 2.80. The van der Waals surface area contributed by atoms with Gasteiger partial charge in [-0.15, -0.1) is 4.72 Å². The van der Waals surface area contributed by atoms with Crippen molar-refractivity contribution >= 4 is 27.9 Å². The van der Waals surface area contributed by atoms with Crippen LogP contribution in [0.25, 0.3) is 0 Å². The van der Waals surface area contributed by atoms with E-state index in [1.165, 1.54) is 0 Å². The zero-order valence-corrected chi connectivity index (χ0v) is 19.0. The summed E-state index contributed by atoms with van der Waals surface area (Å²) >= 11 is 0. The fraction of sp³-hybridized carbons (Fsp3) is 0.304. The zero-order valence-electron chi connectivity index (χ0n) is 18.2. The molecule has 1 fully saturated rings. The first-order chi connectivity index (χ1) is 15.4. The second-order valence-corrected chi connectivity index (χ2v) is 9.51. The van der Waals surface area contributed by atoms with E-state index < -0.39 is 10.4 Å². The summed E-state index contributed by atoms with van der Waals surface area (Å²) in [6, 6.07) is 16.2. The highest BCUT2D eigenvalue weighted by Crippen LogP contribution is 2.23. The summed E-state index contributed by atoms with van der Waals surface area (Å²) < 4.78 is 33.3. The van der Waals surface area contributed by atoms with Gasteiger partial charge in [0.15, 0.2) is 15.3 Å². The Bertz CT molecular complexity index is 1080. The lowest BCUT2D eigenvalue weighted by Crippen LogP contribution is -2.47. The van der Waals surface area contributed by atoms with Crippen LogP contribution in [0.15, 0.2) is 65.7 Å². The Morgan fingerprint density at radius 2 is 1.75 bits per heavy atom. The summed E-state index contributed by atoms with van der Waals surface area (Å²) in [7, 11) is -1.89. The maximum absolute atomic E-state index is 12.7. The van der Waals surface area contributed by atoms with Gasteiger partial charge in [0.2, 0.25) is 5.95 Å². The Labute approximate surface area is 189 Å². The van der Waals surface area contributed by atoms with E-state index in [1.54, 1.807) is 25.4 Å². The molecule has 168 valence electrons. The number of ether oxygens (including phenoxy) is 1. The smallest absolute Gasteiger partial charge is 0.227 e. The number of anilines is 3. The van der Waals surface area contributed by atoms with Crippen LogP contribution in [0.5, 0.6) is 5.75 Å². The fourth-order valence-corrected chi connectivity index (χ4v) is 4.90. The number of sulfonamides is 1. The molecule has 0 saturated carbocycles. The number of aryl methyl sites for hydroxylation is 1. The second-order valence-electron chi connectivity index (χ2n) is 7.79. The molecule has 0 radical (unpaired) electrons. The molecular weight excluding hydrogens is 426 g/mol. The van der Waals surface area contributed by atoms with Crippen LogP contribution in [0, 0.1) is 6.92 Å². The van der Waals surface area contributed by atoms with Crippen LogP contribution in [-0.4, -0.2) is 40.8 Å². The third kappa shape index (κ3) is 5.42. The lowest BCUT2D eigenvalue weighted by Gasteiger charge is -2.32. The number of hydrogen-bond acceptors (Lipinski definition) is 7. The molecule has 9 heteroatoms. The van der Waals surface area contributed by atoms with E-state index >= 15 is 0 Å². The van der Waals surface area contributed by atoms with Crippen molar-refractivity contribution in [3.8, 4) is 5.75 Å². The van der Waals surface area contributed by atoms with E-state index in [2.05, 4.69) is 24.9 Å². The largest absolute Gasteiger partial charge is 0.593 e. The van der Waals surface area contributed by atoms with Gasteiger partial charge in [-0.1, -0.05) is 21.9 Å². The SMILES string of the molecule is COc1ccc(Nc2ccnc(N3CCC(N[S+](=O)([O-])c4ccc(C)cc4)CC3)n2)cc1. The van der Waals surface area contributed by atoms with Gasteiger partial charge in [-0.2, -0.15) is 4.98 Å². The van der Waals surface area contributed by atoms with Crippen LogP contribution in [-0.2, 0) is 14.6 Å². The quantitative estimate of drug-likeness (QED) is 0.526. The number of benzene rings is 2. The Kier molecular flexibility index (Phi) is 6.69. The Balaban J connectivity index is 1.35. The summed E-state index contributed by atoms with van der Waals surface area (Å²) in [6.07, 6.45) is 3.09. The fourth-order valence-electron chi connectivity index (χ4n) is 3.59. The van der Waals surface area contributed by atoms with Crippen LogP contribution in [0.2, 0.25) is 0 Å². The summed E-state index contributed by atoms with van der Waals surface area (Å²) in [5, 5.41) is 3.27. The van der Waals surface area contributed by atoms with Crippen molar-refractivity contribution < 1.29 is 13.5 Å². The third-order valence-electron chi connectivity index (χ3n) is 5.44. The highest BCUT2D eigenvalue weighted by molar-refractivity contribution is 7.95. The van der Waals surface area contributed by atoms with Gasteiger partial charge < -0.3 is 19.5 Å². The molecule has 2 aromatic carbocycles. The van der Waals surface area contributed by atoms with E-state index in [1.807, 2.05) is 49.4 Å². The number of aromatic nitrogens is 2. The number of rotatable bonds is 7. The summed E-state index contributed by atoms with van der Waals surface area (Å²) in [5.74, 6) is 2.12. The molecule has 3 aromatic rings. The van der Waals surface area contributed by atoms with Crippen molar-refractivity contribution in [2.24, 2.45) is 0 Å². The number of nitrogens with one attached hydrogen (secondary N) is 2. The Hall–Kier alpha value is -3.01. The van der Waals surface area contributed by atoms with Gasteiger partial charge in [0, 0.05) is 25.0 Å². The van der Waals surface area contributed by atoms with E-state index in [4.69, 9.17) is 4.74 Å². The maximum Gasteiger partial charge on any atom is 0.227 e. The molecule has 1 saturated heterocycles. The molecule has 0 bridgehead atoms. The molecular formula is C23H27N5O3S. The zero-order chi connectivity index (χ0) is 22.6. The molecule has 0 aliphatic carbocycles. The van der Waals surface area contributed by atoms with E-state index in [0.717, 1.165) is 17.0 Å². The van der Waals surface area contributed by atoms with Gasteiger partial charge in [-0.25, -0.2) is 4.98 Å². The van der Waals surface area contributed by atoms with E-state index in [0.29, 0.717) is 42.6 Å². The number of nitrogens with zero attached hydrogens (tertiary/aromatic N) is 3. The Morgan fingerprint density at radius 1 is 1.06 bits per heavy atom. The van der Waals surface area contributed by atoms with E-state index in [-0.39, 0.29) is 6.04 Å². The second kappa shape index (κ2) is 9.64. The molecule has 1 atom stereocenters. The first kappa shape index (κ1) is 22.2.